The first kappa shape index (κ1) is 15.6. The van der Waals surface area contributed by atoms with Crippen LogP contribution in [0.5, 0.6) is 5.75 Å². The Hall–Kier alpha value is -1.87. The number of hydrazine groups is 1. The fourth-order valence-electron chi connectivity index (χ4n) is 3.47. The van der Waals surface area contributed by atoms with Crippen LogP contribution in [0.25, 0.3) is 0 Å². The van der Waals surface area contributed by atoms with E-state index in [1.165, 1.54) is 0 Å². The van der Waals surface area contributed by atoms with Crippen molar-refractivity contribution in [2.24, 2.45) is 0 Å². The van der Waals surface area contributed by atoms with Crippen molar-refractivity contribution >= 4 is 11.7 Å². The number of hydrogen-bond acceptors (Lipinski definition) is 8. The molecule has 24 heavy (non-hydrogen) atoms. The van der Waals surface area contributed by atoms with Gasteiger partial charge in [0.25, 0.3) is 0 Å². The Kier molecular flexibility index (Phi) is 4.28. The summed E-state index contributed by atoms with van der Waals surface area (Å²) in [5.74, 6) is 0.325. The van der Waals surface area contributed by atoms with Crippen LogP contribution in [0.4, 0.5) is 5.69 Å². The highest BCUT2D eigenvalue weighted by Gasteiger charge is 2.35. The Morgan fingerprint density at radius 2 is 2.21 bits per heavy atom. The lowest BCUT2D eigenvalue weighted by Crippen LogP contribution is -2.62. The van der Waals surface area contributed by atoms with Crippen molar-refractivity contribution in [3.8, 4) is 5.75 Å². The lowest BCUT2D eigenvalue weighted by atomic mass is 10.0. The normalized spacial score (nSPS) is 30.4. The monoisotopic (exact) mass is 333 g/mol. The van der Waals surface area contributed by atoms with Crippen molar-refractivity contribution < 1.29 is 14.3 Å². The van der Waals surface area contributed by atoms with Crippen LogP contribution < -0.4 is 26.2 Å². The number of carbonyl (C=O) groups is 1. The highest BCUT2D eigenvalue weighted by atomic mass is 16.6. The van der Waals surface area contributed by atoms with E-state index in [-0.39, 0.29) is 18.2 Å². The molecule has 0 radical (unpaired) electrons. The number of hydrogen-bond donors (Lipinski definition) is 4. The fourth-order valence-corrected chi connectivity index (χ4v) is 3.47. The van der Waals surface area contributed by atoms with Crippen molar-refractivity contribution in [3.63, 3.8) is 0 Å². The van der Waals surface area contributed by atoms with Crippen LogP contribution >= 0.6 is 0 Å². The number of methoxy groups -OCH3 is 1. The molecule has 0 amide bonds. The number of carbonyl (C=O) groups excluding carboxylic acids is 1. The number of cyclic esters (lactones) is 1. The number of anilines is 1. The Bertz CT molecular complexity index is 612. The van der Waals surface area contributed by atoms with Crippen LogP contribution in [0, 0.1) is 0 Å². The number of fused-ring (bicyclic) bond motifs is 1. The van der Waals surface area contributed by atoms with E-state index < -0.39 is 0 Å². The third-order valence-electron chi connectivity index (χ3n) is 4.86. The minimum absolute atomic E-state index is 0.0241. The molecule has 2 fully saturated rings. The summed E-state index contributed by atoms with van der Waals surface area (Å²) < 4.78 is 10.7. The number of nitrogens with zero attached hydrogens (tertiary/aromatic N) is 1. The number of nitrogens with one attached hydrogen (secondary N) is 4. The van der Waals surface area contributed by atoms with E-state index >= 15 is 0 Å². The van der Waals surface area contributed by atoms with Gasteiger partial charge in [-0.25, -0.2) is 15.6 Å². The van der Waals surface area contributed by atoms with E-state index in [2.05, 4.69) is 26.4 Å². The van der Waals surface area contributed by atoms with Crippen LogP contribution in [0.15, 0.2) is 18.2 Å². The van der Waals surface area contributed by atoms with E-state index in [0.29, 0.717) is 17.5 Å². The smallest absolute Gasteiger partial charge is 0.342 e. The minimum atomic E-state index is -0.386. The molecule has 4 N–H and O–H groups in total. The van der Waals surface area contributed by atoms with Gasteiger partial charge >= 0.3 is 5.97 Å². The van der Waals surface area contributed by atoms with Crippen molar-refractivity contribution in [3.05, 3.63) is 23.8 Å². The van der Waals surface area contributed by atoms with Crippen molar-refractivity contribution in [1.82, 2.24) is 21.1 Å². The fraction of sp³-hybridized carbons (Fsp3) is 0.562. The molecule has 0 aliphatic carbocycles. The Balaban J connectivity index is 1.40. The van der Waals surface area contributed by atoms with E-state index in [9.17, 15) is 4.79 Å². The number of ether oxygens (including phenoxy) is 2. The zero-order valence-corrected chi connectivity index (χ0v) is 13.7. The first-order chi connectivity index (χ1) is 11.7. The summed E-state index contributed by atoms with van der Waals surface area (Å²) in [4.78, 5) is 14.7. The molecule has 3 aliphatic rings. The topological polar surface area (TPSA) is 86.9 Å². The molecule has 3 unspecified atom stereocenters. The standard InChI is InChI=1S/C16H23N5O3/c1-23-10-2-3-12-11(8-10)16(22)24-15(18-12)13-4-5-14(20-19-13)21-7-6-17-9-21/h2-3,8,13-15,17-20H,4-7,9H2,1H3. The summed E-state index contributed by atoms with van der Waals surface area (Å²) in [6.45, 7) is 3.00. The van der Waals surface area contributed by atoms with E-state index in [4.69, 9.17) is 9.47 Å². The van der Waals surface area contributed by atoms with Gasteiger partial charge in [0.05, 0.1) is 30.6 Å². The summed E-state index contributed by atoms with van der Waals surface area (Å²) in [7, 11) is 1.58. The number of benzene rings is 1. The molecule has 3 heterocycles. The molecule has 0 spiro atoms. The van der Waals surface area contributed by atoms with Crippen LogP contribution in [-0.4, -0.2) is 56.2 Å². The van der Waals surface area contributed by atoms with Gasteiger partial charge in [-0.05, 0) is 31.0 Å². The molecule has 3 atom stereocenters. The zero-order chi connectivity index (χ0) is 16.5. The number of rotatable bonds is 3. The van der Waals surface area contributed by atoms with Crippen LogP contribution in [0.3, 0.4) is 0 Å². The quantitative estimate of drug-likeness (QED) is 0.577. The first-order valence-electron chi connectivity index (χ1n) is 8.36. The molecule has 0 saturated carbocycles. The van der Waals surface area contributed by atoms with Gasteiger partial charge in [-0.3, -0.25) is 4.90 Å². The van der Waals surface area contributed by atoms with Crippen LogP contribution in [-0.2, 0) is 4.74 Å². The van der Waals surface area contributed by atoms with Crippen molar-refractivity contribution in [1.29, 1.82) is 0 Å². The van der Waals surface area contributed by atoms with Crippen LogP contribution in [0.2, 0.25) is 0 Å². The van der Waals surface area contributed by atoms with Gasteiger partial charge < -0.3 is 20.1 Å². The zero-order valence-electron chi connectivity index (χ0n) is 13.7. The second kappa shape index (κ2) is 6.56. The predicted molar refractivity (Wildman–Crippen MR) is 88.5 cm³/mol. The summed E-state index contributed by atoms with van der Waals surface area (Å²) in [5, 5.41) is 6.64. The molecule has 3 aliphatic heterocycles. The lowest BCUT2D eigenvalue weighted by molar-refractivity contribution is 0.0119. The van der Waals surface area contributed by atoms with Gasteiger partial charge in [-0.1, -0.05) is 0 Å². The average molecular weight is 333 g/mol. The minimum Gasteiger partial charge on any atom is -0.497 e. The molecule has 130 valence electrons. The summed E-state index contributed by atoms with van der Waals surface area (Å²) in [6.07, 6.45) is 1.85. The second-order valence-corrected chi connectivity index (χ2v) is 6.34. The van der Waals surface area contributed by atoms with E-state index in [1.54, 1.807) is 13.2 Å². The first-order valence-corrected chi connectivity index (χ1v) is 8.36. The highest BCUT2D eigenvalue weighted by Crippen LogP contribution is 2.29. The molecular weight excluding hydrogens is 310 g/mol. The third kappa shape index (κ3) is 2.93. The largest absolute Gasteiger partial charge is 0.497 e. The molecule has 1 aromatic rings. The number of esters is 1. The summed E-state index contributed by atoms with van der Waals surface area (Å²) in [5.41, 5.74) is 7.95. The summed E-state index contributed by atoms with van der Waals surface area (Å²) >= 11 is 0. The van der Waals surface area contributed by atoms with Crippen molar-refractivity contribution in [2.45, 2.75) is 31.3 Å². The molecular formula is C16H23N5O3. The lowest BCUT2D eigenvalue weighted by Gasteiger charge is -2.40. The van der Waals surface area contributed by atoms with E-state index in [1.807, 2.05) is 12.1 Å². The second-order valence-electron chi connectivity index (χ2n) is 6.34. The molecule has 4 rings (SSSR count). The Morgan fingerprint density at radius 1 is 1.29 bits per heavy atom. The Morgan fingerprint density at radius 3 is 2.92 bits per heavy atom. The third-order valence-corrected chi connectivity index (χ3v) is 4.86. The maximum Gasteiger partial charge on any atom is 0.342 e. The SMILES string of the molecule is COc1ccc2c(c1)C(=O)OC(C1CCC(N3CCNC3)NN1)N2. The average Bonchev–Trinajstić information content (AvgIpc) is 3.16. The highest BCUT2D eigenvalue weighted by molar-refractivity contribution is 5.97. The van der Waals surface area contributed by atoms with Gasteiger partial charge in [0.1, 0.15) is 5.75 Å². The predicted octanol–water partition coefficient (Wildman–Crippen LogP) is 0.0490. The van der Waals surface area contributed by atoms with Gasteiger partial charge in [-0.15, -0.1) is 0 Å². The van der Waals surface area contributed by atoms with Gasteiger partial charge in [0, 0.05) is 19.8 Å². The van der Waals surface area contributed by atoms with E-state index in [0.717, 1.165) is 38.3 Å². The maximum absolute atomic E-state index is 12.3. The summed E-state index contributed by atoms with van der Waals surface area (Å²) in [6, 6.07) is 5.42. The van der Waals surface area contributed by atoms with Crippen molar-refractivity contribution in [2.75, 3.05) is 32.2 Å². The van der Waals surface area contributed by atoms with Gasteiger partial charge in [0.2, 0.25) is 0 Å². The maximum atomic E-state index is 12.3. The van der Waals surface area contributed by atoms with Gasteiger partial charge in [0.15, 0.2) is 6.23 Å². The van der Waals surface area contributed by atoms with Crippen LogP contribution in [0.1, 0.15) is 23.2 Å². The Labute approximate surface area is 140 Å². The molecule has 2 saturated heterocycles. The molecule has 0 bridgehead atoms. The molecule has 1 aromatic carbocycles. The molecule has 8 heteroatoms. The molecule has 0 aromatic heterocycles. The van der Waals surface area contributed by atoms with Gasteiger partial charge in [-0.2, -0.15) is 0 Å². The molecule has 8 nitrogen and oxygen atoms in total.